The average molecular weight is 393 g/mol. The summed E-state index contributed by atoms with van der Waals surface area (Å²) in [6, 6.07) is 16.0. The Kier molecular flexibility index (Phi) is 5.65. The topological polar surface area (TPSA) is 66.0 Å². The molecule has 29 heavy (non-hydrogen) atoms. The number of para-hydroxylation sites is 1. The second-order valence-electron chi connectivity index (χ2n) is 7.73. The minimum Gasteiger partial charge on any atom is -0.383 e. The lowest BCUT2D eigenvalue weighted by Crippen LogP contribution is -2.55. The molecule has 1 saturated heterocycles. The van der Waals surface area contributed by atoms with Gasteiger partial charge in [-0.15, -0.1) is 0 Å². The van der Waals surface area contributed by atoms with E-state index in [1.54, 1.807) is 7.11 Å². The van der Waals surface area contributed by atoms with Gasteiger partial charge in [0.15, 0.2) is 0 Å². The number of anilines is 1. The molecule has 2 N–H and O–H groups in total. The quantitative estimate of drug-likeness (QED) is 0.786. The number of amidine groups is 1. The van der Waals surface area contributed by atoms with Crippen LogP contribution in [0.5, 0.6) is 0 Å². The van der Waals surface area contributed by atoms with E-state index in [0.29, 0.717) is 26.2 Å². The predicted molar refractivity (Wildman–Crippen MR) is 116 cm³/mol. The van der Waals surface area contributed by atoms with Gasteiger partial charge in [-0.05, 0) is 36.6 Å². The summed E-state index contributed by atoms with van der Waals surface area (Å²) in [5.74, 6) is 0.972. The normalized spacial score (nSPS) is 22.4. The van der Waals surface area contributed by atoms with Gasteiger partial charge in [-0.25, -0.2) is 0 Å². The molecule has 4 rings (SSSR count). The molecular weight excluding hydrogens is 364 g/mol. The number of fused-ring (bicyclic) bond motifs is 1. The Morgan fingerprint density at radius 3 is 2.83 bits per heavy atom. The Morgan fingerprint density at radius 2 is 2.00 bits per heavy atom. The van der Waals surface area contributed by atoms with E-state index in [-0.39, 0.29) is 11.4 Å². The van der Waals surface area contributed by atoms with Crippen molar-refractivity contribution in [1.82, 2.24) is 10.2 Å². The summed E-state index contributed by atoms with van der Waals surface area (Å²) in [7, 11) is 1.68. The lowest BCUT2D eigenvalue weighted by molar-refractivity contribution is 0.0785. The second-order valence-corrected chi connectivity index (χ2v) is 7.73. The molecule has 0 saturated carbocycles. The molecular formula is C23H28N4O2. The third-order valence-corrected chi connectivity index (χ3v) is 5.84. The number of aliphatic imine (C=N–C) groups is 1. The Bertz CT molecular complexity index is 927. The number of rotatable bonds is 4. The zero-order valence-corrected chi connectivity index (χ0v) is 17.1. The van der Waals surface area contributed by atoms with E-state index < -0.39 is 0 Å². The molecule has 6 nitrogen and oxygen atoms in total. The first-order valence-electron chi connectivity index (χ1n) is 10.1. The van der Waals surface area contributed by atoms with Crippen molar-refractivity contribution in [2.45, 2.75) is 25.4 Å². The fraction of sp³-hybridized carbons (Fsp3) is 0.391. The van der Waals surface area contributed by atoms with Gasteiger partial charge in [-0.3, -0.25) is 15.1 Å². The van der Waals surface area contributed by atoms with Crippen LogP contribution in [0, 0.1) is 6.92 Å². The molecule has 1 amide bonds. The van der Waals surface area contributed by atoms with E-state index in [2.05, 4.69) is 22.8 Å². The van der Waals surface area contributed by atoms with Gasteiger partial charge in [0.25, 0.3) is 5.91 Å². The molecule has 2 aliphatic heterocycles. The lowest BCUT2D eigenvalue weighted by Gasteiger charge is -2.30. The van der Waals surface area contributed by atoms with Crippen LogP contribution in [0.2, 0.25) is 0 Å². The average Bonchev–Trinajstić information content (AvgIpc) is 3.11. The highest BCUT2D eigenvalue weighted by atomic mass is 16.5. The smallest absolute Gasteiger partial charge is 0.254 e. The van der Waals surface area contributed by atoms with Gasteiger partial charge in [0, 0.05) is 38.0 Å². The maximum atomic E-state index is 13.2. The van der Waals surface area contributed by atoms with Crippen LogP contribution in [0.15, 0.2) is 53.5 Å². The number of carbonyl (C=O) groups is 1. The molecule has 1 atom stereocenters. The van der Waals surface area contributed by atoms with E-state index in [4.69, 9.17) is 9.73 Å². The zero-order chi connectivity index (χ0) is 20.3. The fourth-order valence-electron chi connectivity index (χ4n) is 4.14. The molecule has 2 aromatic carbocycles. The number of amides is 1. The number of likely N-dealkylation sites (tertiary alicyclic amines) is 1. The first kappa shape index (κ1) is 19.6. The molecule has 1 spiro atoms. The van der Waals surface area contributed by atoms with Gasteiger partial charge in [-0.2, -0.15) is 0 Å². The molecule has 1 unspecified atom stereocenters. The maximum Gasteiger partial charge on any atom is 0.254 e. The number of aryl methyl sites for hydroxylation is 1. The summed E-state index contributed by atoms with van der Waals surface area (Å²) in [6.45, 7) is 5.15. The summed E-state index contributed by atoms with van der Waals surface area (Å²) < 4.78 is 5.20. The number of carbonyl (C=O) groups excluding carboxylic acids is 1. The number of hydrogen-bond donors (Lipinski definition) is 2. The molecule has 6 heteroatoms. The molecule has 2 heterocycles. The zero-order valence-electron chi connectivity index (χ0n) is 17.1. The van der Waals surface area contributed by atoms with Crippen LogP contribution in [-0.2, 0) is 11.3 Å². The van der Waals surface area contributed by atoms with E-state index in [0.717, 1.165) is 35.6 Å². The van der Waals surface area contributed by atoms with E-state index >= 15 is 0 Å². The van der Waals surface area contributed by atoms with Crippen molar-refractivity contribution in [2.75, 3.05) is 38.7 Å². The Balaban J connectivity index is 1.62. The Labute approximate surface area is 172 Å². The van der Waals surface area contributed by atoms with Crippen molar-refractivity contribution in [3.8, 4) is 0 Å². The first-order valence-corrected chi connectivity index (χ1v) is 10.1. The predicted octanol–water partition coefficient (Wildman–Crippen LogP) is 2.84. The van der Waals surface area contributed by atoms with Crippen molar-refractivity contribution in [3.05, 3.63) is 65.2 Å². The summed E-state index contributed by atoms with van der Waals surface area (Å²) in [4.78, 5) is 20.0. The SMILES string of the molecule is COCCN=C1Nc2ccccc2CNC12CCN(C(=O)c1ccccc1C)C2. The molecule has 0 bridgehead atoms. The number of nitrogens with one attached hydrogen (secondary N) is 2. The fourth-order valence-corrected chi connectivity index (χ4v) is 4.14. The van der Waals surface area contributed by atoms with Crippen molar-refractivity contribution in [3.63, 3.8) is 0 Å². The van der Waals surface area contributed by atoms with Crippen LogP contribution in [0.4, 0.5) is 5.69 Å². The minimum absolute atomic E-state index is 0.0831. The van der Waals surface area contributed by atoms with E-state index in [9.17, 15) is 4.79 Å². The standard InChI is InChI=1S/C23H28N4O2/c1-17-7-3-5-9-19(17)21(28)27-13-11-23(16-27)22(24-12-14-29-2)26-20-10-6-4-8-18(20)15-25-23/h3-10,25H,11-16H2,1-2H3,(H,24,26). The van der Waals surface area contributed by atoms with Crippen LogP contribution in [0.25, 0.3) is 0 Å². The van der Waals surface area contributed by atoms with Gasteiger partial charge >= 0.3 is 0 Å². The number of hydrogen-bond acceptors (Lipinski definition) is 4. The summed E-state index contributed by atoms with van der Waals surface area (Å²) in [5, 5.41) is 7.27. The minimum atomic E-state index is -0.384. The largest absolute Gasteiger partial charge is 0.383 e. The van der Waals surface area contributed by atoms with Gasteiger partial charge < -0.3 is 15.0 Å². The van der Waals surface area contributed by atoms with Crippen molar-refractivity contribution in [1.29, 1.82) is 0 Å². The van der Waals surface area contributed by atoms with Crippen LogP contribution in [0.1, 0.15) is 27.9 Å². The number of benzene rings is 2. The lowest BCUT2D eigenvalue weighted by atomic mass is 9.96. The molecule has 2 aliphatic rings. The highest BCUT2D eigenvalue weighted by Crippen LogP contribution is 2.30. The number of methoxy groups -OCH3 is 1. The highest BCUT2D eigenvalue weighted by molar-refractivity contribution is 6.05. The van der Waals surface area contributed by atoms with Gasteiger partial charge in [0.2, 0.25) is 0 Å². The van der Waals surface area contributed by atoms with Crippen LogP contribution >= 0.6 is 0 Å². The van der Waals surface area contributed by atoms with Crippen molar-refractivity contribution < 1.29 is 9.53 Å². The van der Waals surface area contributed by atoms with E-state index in [1.807, 2.05) is 48.2 Å². The van der Waals surface area contributed by atoms with Crippen LogP contribution < -0.4 is 10.6 Å². The first-order chi connectivity index (χ1) is 14.1. The summed E-state index contributed by atoms with van der Waals surface area (Å²) in [6.07, 6.45) is 0.817. The van der Waals surface area contributed by atoms with E-state index in [1.165, 1.54) is 5.56 Å². The molecule has 152 valence electrons. The maximum absolute atomic E-state index is 13.2. The third-order valence-electron chi connectivity index (χ3n) is 5.84. The van der Waals surface area contributed by atoms with Gasteiger partial charge in [0.1, 0.15) is 5.84 Å². The summed E-state index contributed by atoms with van der Waals surface area (Å²) in [5.41, 5.74) is 3.66. The number of nitrogens with zero attached hydrogens (tertiary/aromatic N) is 2. The monoisotopic (exact) mass is 392 g/mol. The Hall–Kier alpha value is -2.70. The van der Waals surface area contributed by atoms with Crippen molar-refractivity contribution >= 4 is 17.4 Å². The van der Waals surface area contributed by atoms with Gasteiger partial charge in [-0.1, -0.05) is 36.4 Å². The molecule has 2 aromatic rings. The highest BCUT2D eigenvalue weighted by Gasteiger charge is 2.45. The van der Waals surface area contributed by atoms with Crippen LogP contribution in [-0.4, -0.2) is 55.5 Å². The van der Waals surface area contributed by atoms with Crippen molar-refractivity contribution in [2.24, 2.45) is 4.99 Å². The third kappa shape index (κ3) is 3.91. The molecule has 1 fully saturated rings. The molecule has 0 radical (unpaired) electrons. The number of ether oxygens (including phenoxy) is 1. The van der Waals surface area contributed by atoms with Crippen LogP contribution in [0.3, 0.4) is 0 Å². The molecule has 0 aromatic heterocycles. The molecule has 0 aliphatic carbocycles. The second kappa shape index (κ2) is 8.35. The summed E-state index contributed by atoms with van der Waals surface area (Å²) >= 11 is 0. The Morgan fingerprint density at radius 1 is 1.21 bits per heavy atom. The van der Waals surface area contributed by atoms with Gasteiger partial charge in [0.05, 0.1) is 18.7 Å².